The van der Waals surface area contributed by atoms with Crippen LogP contribution in [0.25, 0.3) is 0 Å². The number of amides is 1. The number of aliphatic carboxylic acids is 1. The van der Waals surface area contributed by atoms with Crippen LogP contribution < -0.4 is 0 Å². The Morgan fingerprint density at radius 3 is 2.60 bits per heavy atom. The van der Waals surface area contributed by atoms with Crippen LogP contribution in [0.3, 0.4) is 0 Å². The van der Waals surface area contributed by atoms with Gasteiger partial charge < -0.3 is 19.2 Å². The predicted octanol–water partition coefficient (Wildman–Crippen LogP) is 1.23. The second kappa shape index (κ2) is 6.14. The lowest BCUT2D eigenvalue weighted by molar-refractivity contribution is -0.148. The van der Waals surface area contributed by atoms with Crippen LogP contribution in [0.4, 0.5) is 0 Å². The van der Waals surface area contributed by atoms with Crippen LogP contribution in [-0.2, 0) is 9.53 Å². The zero-order chi connectivity index (χ0) is 17.6. The second-order valence-corrected chi connectivity index (χ2v) is 7.51. The Morgan fingerprint density at radius 2 is 2.00 bits per heavy atom. The smallest absolute Gasteiger partial charge is 0.313 e. The standard InChI is InChI=1S/C18H24N2O5/c1-12-15(4-7-25-12)16(21)20-9-13-8-19(14-2-5-24-6-3-14)10-18(13,11-20)17(22)23/h4,7,13-14H,2-3,5-6,8-11H2,1H3,(H,22,23)/t13-,18-/m1/s1. The predicted molar refractivity (Wildman–Crippen MR) is 88.3 cm³/mol. The number of carboxylic acids is 1. The molecule has 2 atom stereocenters. The Balaban J connectivity index is 1.52. The van der Waals surface area contributed by atoms with E-state index in [1.807, 2.05) is 0 Å². The maximum Gasteiger partial charge on any atom is 0.313 e. The Hall–Kier alpha value is -1.86. The van der Waals surface area contributed by atoms with E-state index in [-0.39, 0.29) is 18.4 Å². The van der Waals surface area contributed by atoms with Gasteiger partial charge in [-0.1, -0.05) is 0 Å². The molecule has 1 aromatic heterocycles. The van der Waals surface area contributed by atoms with Gasteiger partial charge in [0.15, 0.2) is 0 Å². The fraction of sp³-hybridized carbons (Fsp3) is 0.667. The van der Waals surface area contributed by atoms with Crippen molar-refractivity contribution in [3.63, 3.8) is 0 Å². The van der Waals surface area contributed by atoms with Crippen LogP contribution in [0, 0.1) is 18.3 Å². The van der Waals surface area contributed by atoms with Gasteiger partial charge in [-0.25, -0.2) is 0 Å². The third-order valence-electron chi connectivity index (χ3n) is 6.14. The van der Waals surface area contributed by atoms with Crippen LogP contribution >= 0.6 is 0 Å². The van der Waals surface area contributed by atoms with Gasteiger partial charge in [0.05, 0.1) is 11.8 Å². The van der Waals surface area contributed by atoms with Crippen molar-refractivity contribution in [2.45, 2.75) is 25.8 Å². The molecule has 0 aliphatic carbocycles. The van der Waals surface area contributed by atoms with Crippen molar-refractivity contribution in [1.29, 1.82) is 0 Å². The number of aryl methyl sites for hydroxylation is 1. The number of carbonyl (C=O) groups excluding carboxylic acids is 1. The highest BCUT2D eigenvalue weighted by molar-refractivity contribution is 5.96. The van der Waals surface area contributed by atoms with E-state index in [0.29, 0.717) is 30.5 Å². The molecule has 0 spiro atoms. The van der Waals surface area contributed by atoms with Crippen molar-refractivity contribution >= 4 is 11.9 Å². The molecule has 136 valence electrons. The number of furan rings is 1. The van der Waals surface area contributed by atoms with Gasteiger partial charge in [-0.15, -0.1) is 0 Å². The summed E-state index contributed by atoms with van der Waals surface area (Å²) >= 11 is 0. The molecule has 0 unspecified atom stereocenters. The number of hydrogen-bond acceptors (Lipinski definition) is 5. The third-order valence-corrected chi connectivity index (χ3v) is 6.14. The number of carbonyl (C=O) groups is 2. The minimum Gasteiger partial charge on any atom is -0.481 e. The second-order valence-electron chi connectivity index (χ2n) is 7.51. The normalized spacial score (nSPS) is 30.6. The van der Waals surface area contributed by atoms with Crippen molar-refractivity contribution in [3.05, 3.63) is 23.7 Å². The first-order valence-electron chi connectivity index (χ1n) is 8.90. The number of ether oxygens (including phenoxy) is 1. The molecule has 3 aliphatic rings. The molecule has 3 fully saturated rings. The van der Waals surface area contributed by atoms with E-state index < -0.39 is 11.4 Å². The lowest BCUT2D eigenvalue weighted by Crippen LogP contribution is -2.45. The molecule has 0 saturated carbocycles. The Kier molecular flexibility index (Phi) is 4.08. The highest BCUT2D eigenvalue weighted by Crippen LogP contribution is 2.44. The Morgan fingerprint density at radius 1 is 1.24 bits per heavy atom. The summed E-state index contributed by atoms with van der Waals surface area (Å²) in [6.07, 6.45) is 3.41. The average molecular weight is 348 g/mol. The van der Waals surface area contributed by atoms with Crippen molar-refractivity contribution < 1.29 is 23.8 Å². The number of nitrogens with zero attached hydrogens (tertiary/aromatic N) is 2. The number of hydrogen-bond donors (Lipinski definition) is 1. The molecule has 1 aromatic rings. The van der Waals surface area contributed by atoms with Gasteiger partial charge in [-0.05, 0) is 25.8 Å². The molecular weight excluding hydrogens is 324 g/mol. The molecule has 1 amide bonds. The number of rotatable bonds is 3. The maximum atomic E-state index is 12.8. The molecule has 4 heterocycles. The van der Waals surface area contributed by atoms with Crippen LogP contribution in [0.5, 0.6) is 0 Å². The van der Waals surface area contributed by atoms with Gasteiger partial charge in [0.25, 0.3) is 5.91 Å². The van der Waals surface area contributed by atoms with E-state index in [9.17, 15) is 14.7 Å². The quantitative estimate of drug-likeness (QED) is 0.884. The van der Waals surface area contributed by atoms with Crippen molar-refractivity contribution in [3.8, 4) is 0 Å². The lowest BCUT2D eigenvalue weighted by Gasteiger charge is -2.33. The summed E-state index contributed by atoms with van der Waals surface area (Å²) < 4.78 is 10.6. The van der Waals surface area contributed by atoms with E-state index >= 15 is 0 Å². The first-order chi connectivity index (χ1) is 12.0. The molecule has 0 bridgehead atoms. The molecule has 3 aliphatic heterocycles. The Labute approximate surface area is 146 Å². The molecule has 7 heteroatoms. The van der Waals surface area contributed by atoms with Gasteiger partial charge in [0.2, 0.25) is 0 Å². The molecule has 7 nitrogen and oxygen atoms in total. The first kappa shape index (κ1) is 16.6. The van der Waals surface area contributed by atoms with Gasteiger partial charge in [-0.2, -0.15) is 0 Å². The van der Waals surface area contributed by atoms with Crippen LogP contribution in [-0.4, -0.2) is 72.2 Å². The summed E-state index contributed by atoms with van der Waals surface area (Å²) in [5, 5.41) is 9.97. The van der Waals surface area contributed by atoms with E-state index in [1.54, 1.807) is 17.9 Å². The number of likely N-dealkylation sites (tertiary alicyclic amines) is 2. The minimum atomic E-state index is -0.856. The number of carboxylic acid groups (broad SMARTS) is 1. The summed E-state index contributed by atoms with van der Waals surface area (Å²) in [4.78, 5) is 28.9. The summed E-state index contributed by atoms with van der Waals surface area (Å²) in [7, 11) is 0. The zero-order valence-electron chi connectivity index (χ0n) is 14.4. The van der Waals surface area contributed by atoms with Crippen molar-refractivity contribution in [2.24, 2.45) is 11.3 Å². The average Bonchev–Trinajstić information content (AvgIpc) is 3.27. The summed E-state index contributed by atoms with van der Waals surface area (Å²) in [5.41, 5.74) is -0.326. The summed E-state index contributed by atoms with van der Waals surface area (Å²) in [5.74, 6) is -0.357. The molecule has 25 heavy (non-hydrogen) atoms. The summed E-state index contributed by atoms with van der Waals surface area (Å²) in [6.45, 7) is 5.28. The monoisotopic (exact) mass is 348 g/mol. The fourth-order valence-corrected chi connectivity index (χ4v) is 4.67. The fourth-order valence-electron chi connectivity index (χ4n) is 4.67. The van der Waals surface area contributed by atoms with E-state index in [0.717, 1.165) is 32.6 Å². The van der Waals surface area contributed by atoms with Crippen LogP contribution in [0.1, 0.15) is 29.0 Å². The molecule has 1 N–H and O–H groups in total. The van der Waals surface area contributed by atoms with E-state index in [2.05, 4.69) is 4.90 Å². The SMILES string of the molecule is Cc1occc1C(=O)N1C[C@H]2CN(C3CCOCC3)C[C@@]2(C(=O)O)C1. The van der Waals surface area contributed by atoms with Crippen molar-refractivity contribution in [2.75, 3.05) is 39.4 Å². The highest BCUT2D eigenvalue weighted by atomic mass is 16.5. The van der Waals surface area contributed by atoms with Gasteiger partial charge in [0, 0.05) is 51.4 Å². The Bertz CT molecular complexity index is 681. The summed E-state index contributed by atoms with van der Waals surface area (Å²) in [6, 6.07) is 2.06. The molecule has 0 aromatic carbocycles. The maximum absolute atomic E-state index is 12.8. The molecular formula is C18H24N2O5. The zero-order valence-corrected chi connectivity index (χ0v) is 14.4. The number of fused-ring (bicyclic) bond motifs is 1. The van der Waals surface area contributed by atoms with E-state index in [4.69, 9.17) is 9.15 Å². The van der Waals surface area contributed by atoms with Crippen LogP contribution in [0.15, 0.2) is 16.7 Å². The van der Waals surface area contributed by atoms with E-state index in [1.165, 1.54) is 6.26 Å². The van der Waals surface area contributed by atoms with Crippen LogP contribution in [0.2, 0.25) is 0 Å². The minimum absolute atomic E-state index is 0.0241. The highest BCUT2D eigenvalue weighted by Gasteiger charge is 2.59. The topological polar surface area (TPSA) is 83.2 Å². The van der Waals surface area contributed by atoms with Gasteiger partial charge in [0.1, 0.15) is 11.2 Å². The van der Waals surface area contributed by atoms with Gasteiger partial charge in [-0.3, -0.25) is 14.5 Å². The largest absolute Gasteiger partial charge is 0.481 e. The molecule has 0 radical (unpaired) electrons. The lowest BCUT2D eigenvalue weighted by atomic mass is 9.81. The van der Waals surface area contributed by atoms with Gasteiger partial charge >= 0.3 is 5.97 Å². The molecule has 4 rings (SSSR count). The first-order valence-corrected chi connectivity index (χ1v) is 8.90. The molecule has 3 saturated heterocycles. The van der Waals surface area contributed by atoms with Crippen molar-refractivity contribution in [1.82, 2.24) is 9.80 Å². The third kappa shape index (κ3) is 2.66.